The summed E-state index contributed by atoms with van der Waals surface area (Å²) in [5, 5.41) is 13.4. The highest BCUT2D eigenvalue weighted by Crippen LogP contribution is 2.39. The average Bonchev–Trinajstić information content (AvgIpc) is 3.83. The molecule has 0 aliphatic carbocycles. The second-order valence-corrected chi connectivity index (χ2v) is 16.9. The van der Waals surface area contributed by atoms with Crippen LogP contribution in [0.2, 0.25) is 5.02 Å². The lowest BCUT2D eigenvalue weighted by atomic mass is 9.87. The number of imide groups is 1. The van der Waals surface area contributed by atoms with Crippen molar-refractivity contribution in [2.75, 3.05) is 62.7 Å². The van der Waals surface area contributed by atoms with Crippen LogP contribution in [0.1, 0.15) is 95.8 Å². The number of methoxy groups -OCH3 is 1. The van der Waals surface area contributed by atoms with Crippen LogP contribution in [0.3, 0.4) is 0 Å². The van der Waals surface area contributed by atoms with Gasteiger partial charge in [0.25, 0.3) is 5.91 Å². The van der Waals surface area contributed by atoms with Gasteiger partial charge in [-0.2, -0.15) is 10.2 Å². The van der Waals surface area contributed by atoms with Crippen LogP contribution in [0.4, 0.5) is 11.5 Å². The monoisotopic (exact) mass is 788 g/mol. The summed E-state index contributed by atoms with van der Waals surface area (Å²) >= 11 is 6.51. The number of H-pyrrole nitrogens is 1. The third-order valence-corrected chi connectivity index (χ3v) is 13.5. The highest BCUT2D eigenvalue weighted by atomic mass is 35.5. The summed E-state index contributed by atoms with van der Waals surface area (Å²) in [6.45, 7) is 7.42. The number of amides is 3. The Morgan fingerprint density at radius 1 is 0.930 bits per heavy atom. The predicted molar refractivity (Wildman–Crippen MR) is 219 cm³/mol. The molecule has 13 heteroatoms. The van der Waals surface area contributed by atoms with E-state index in [9.17, 15) is 19.6 Å². The zero-order chi connectivity index (χ0) is 39.2. The molecule has 4 aromatic rings. The van der Waals surface area contributed by atoms with Gasteiger partial charge in [-0.15, -0.1) is 0 Å². The number of fused-ring (bicyclic) bond motifs is 2. The third kappa shape index (κ3) is 7.21. The summed E-state index contributed by atoms with van der Waals surface area (Å²) in [7, 11) is 1.53. The van der Waals surface area contributed by atoms with Crippen LogP contribution in [-0.2, 0) is 16.1 Å². The van der Waals surface area contributed by atoms with E-state index in [0.717, 1.165) is 93.8 Å². The first kappa shape index (κ1) is 37.5. The molecule has 4 saturated heterocycles. The lowest BCUT2D eigenvalue weighted by Crippen LogP contribution is -2.52. The molecular formula is C44H49ClN8O4. The molecule has 0 bridgehead atoms. The minimum absolute atomic E-state index is 0.219. The van der Waals surface area contributed by atoms with Gasteiger partial charge in [0.1, 0.15) is 23.5 Å². The number of likely N-dealkylation sites (tertiary alicyclic amines) is 1. The maximum atomic E-state index is 13.4. The van der Waals surface area contributed by atoms with Crippen molar-refractivity contribution in [3.63, 3.8) is 0 Å². The SMILES string of the molecule is COc1nc(N2CCC(CN3CCC(c4ccc(N5CCC[C@H](c6ccc(Cl)c7c(C#N)c[nH]c67)C5)cc4)CC3)CC2)cc2c1C(=O)N(C1CCC(=O)NC1=O)C2. The molecule has 9 rings (SSSR count). The van der Waals surface area contributed by atoms with Gasteiger partial charge in [-0.25, -0.2) is 0 Å². The summed E-state index contributed by atoms with van der Waals surface area (Å²) in [6, 6.07) is 17.0. The maximum Gasteiger partial charge on any atom is 0.260 e. The number of piperidine rings is 4. The number of carbonyl (C=O) groups excluding carboxylic acids is 3. The van der Waals surface area contributed by atoms with Crippen LogP contribution in [0.15, 0.2) is 48.7 Å². The maximum absolute atomic E-state index is 13.4. The molecule has 5 aliphatic rings. The lowest BCUT2D eigenvalue weighted by Gasteiger charge is -2.38. The molecule has 0 spiro atoms. The van der Waals surface area contributed by atoms with E-state index >= 15 is 0 Å². The number of ether oxygens (including phenoxy) is 1. The van der Waals surface area contributed by atoms with E-state index in [1.165, 1.54) is 36.8 Å². The molecule has 0 saturated carbocycles. The molecule has 12 nitrogen and oxygen atoms in total. The van der Waals surface area contributed by atoms with Crippen molar-refractivity contribution >= 4 is 51.7 Å². The standard InChI is InChI=1S/C44H49ClN8O4/c1-57-43-40-31(26-53(44(40)56)36-10-11-38(54)49-42(36)55)21-37(48-43)51-19-12-27(13-20-51)24-50-17-14-29(15-18-50)28-4-6-33(7-5-28)52-16-2-3-30(25-52)34-8-9-35(45)39-32(22-46)23-47-41(34)39/h4-9,21,23,27,29-30,36,47H,2-3,10-20,24-26H2,1H3,(H,49,54,55)/t30-,36?/m0/s1. The first-order chi connectivity index (χ1) is 27.8. The molecule has 7 heterocycles. The third-order valence-electron chi connectivity index (χ3n) is 13.2. The largest absolute Gasteiger partial charge is 0.480 e. The quantitative estimate of drug-likeness (QED) is 0.196. The molecule has 57 heavy (non-hydrogen) atoms. The van der Waals surface area contributed by atoms with Gasteiger partial charge in [0, 0.05) is 68.9 Å². The van der Waals surface area contributed by atoms with Crippen LogP contribution < -0.4 is 19.9 Å². The van der Waals surface area contributed by atoms with E-state index in [1.807, 2.05) is 12.1 Å². The lowest BCUT2D eigenvalue weighted by molar-refractivity contribution is -0.136. The van der Waals surface area contributed by atoms with Crippen LogP contribution in [-0.4, -0.2) is 96.5 Å². The number of nitrogens with one attached hydrogen (secondary N) is 2. The second kappa shape index (κ2) is 15.7. The van der Waals surface area contributed by atoms with Gasteiger partial charge in [0.2, 0.25) is 17.7 Å². The van der Waals surface area contributed by atoms with Gasteiger partial charge in [-0.3, -0.25) is 19.7 Å². The molecule has 5 aliphatic heterocycles. The molecule has 3 amide bonds. The number of nitriles is 1. The van der Waals surface area contributed by atoms with Crippen molar-refractivity contribution in [3.8, 4) is 11.9 Å². The molecule has 2 aromatic heterocycles. The van der Waals surface area contributed by atoms with Crippen LogP contribution >= 0.6 is 11.6 Å². The highest BCUT2D eigenvalue weighted by molar-refractivity contribution is 6.36. The highest BCUT2D eigenvalue weighted by Gasteiger charge is 2.42. The van der Waals surface area contributed by atoms with Gasteiger partial charge in [0.15, 0.2) is 0 Å². The Balaban J connectivity index is 0.760. The summed E-state index contributed by atoms with van der Waals surface area (Å²) in [5.74, 6) is 1.69. The van der Waals surface area contributed by atoms with Gasteiger partial charge < -0.3 is 29.3 Å². The second-order valence-electron chi connectivity index (χ2n) is 16.5. The summed E-state index contributed by atoms with van der Waals surface area (Å²) in [6.07, 6.45) is 9.05. The molecule has 296 valence electrons. The number of hydrogen-bond acceptors (Lipinski definition) is 9. The fourth-order valence-electron chi connectivity index (χ4n) is 10.1. The number of aromatic nitrogens is 2. The fraction of sp³-hybridized carbons (Fsp3) is 0.477. The van der Waals surface area contributed by atoms with E-state index in [-0.39, 0.29) is 18.2 Å². The Hall–Kier alpha value is -5.12. The van der Waals surface area contributed by atoms with Crippen molar-refractivity contribution in [1.82, 2.24) is 25.1 Å². The first-order valence-electron chi connectivity index (χ1n) is 20.5. The Bertz CT molecular complexity index is 2230. The molecule has 4 fully saturated rings. The van der Waals surface area contributed by atoms with Crippen LogP contribution in [0, 0.1) is 17.2 Å². The number of rotatable bonds is 8. The molecule has 0 radical (unpaired) electrons. The summed E-state index contributed by atoms with van der Waals surface area (Å²) < 4.78 is 5.61. The smallest absolute Gasteiger partial charge is 0.260 e. The van der Waals surface area contributed by atoms with Gasteiger partial charge in [0.05, 0.1) is 23.2 Å². The molecule has 2 atom stereocenters. The van der Waals surface area contributed by atoms with Crippen molar-refractivity contribution in [1.29, 1.82) is 5.26 Å². The first-order valence-corrected chi connectivity index (χ1v) is 20.9. The number of carbonyl (C=O) groups is 3. The number of pyridine rings is 1. The van der Waals surface area contributed by atoms with Gasteiger partial charge in [-0.1, -0.05) is 29.8 Å². The molecule has 2 aromatic carbocycles. The van der Waals surface area contributed by atoms with Crippen molar-refractivity contribution < 1.29 is 19.1 Å². The van der Waals surface area contributed by atoms with Crippen molar-refractivity contribution in [2.24, 2.45) is 5.92 Å². The number of halogens is 1. The van der Waals surface area contributed by atoms with Crippen LogP contribution in [0.25, 0.3) is 10.9 Å². The Kier molecular flexibility index (Phi) is 10.3. The Labute approximate surface area is 338 Å². The normalized spacial score (nSPS) is 22.5. The summed E-state index contributed by atoms with van der Waals surface area (Å²) in [4.78, 5) is 54.8. The minimum Gasteiger partial charge on any atom is -0.480 e. The molecule has 1 unspecified atom stereocenters. The topological polar surface area (TPSA) is 138 Å². The predicted octanol–water partition coefficient (Wildman–Crippen LogP) is 6.34. The zero-order valence-electron chi connectivity index (χ0n) is 32.4. The average molecular weight is 789 g/mol. The molecular weight excluding hydrogens is 740 g/mol. The minimum atomic E-state index is -0.670. The fourth-order valence-corrected chi connectivity index (χ4v) is 10.3. The van der Waals surface area contributed by atoms with E-state index in [1.54, 1.807) is 11.1 Å². The number of anilines is 2. The van der Waals surface area contributed by atoms with E-state index in [4.69, 9.17) is 21.3 Å². The number of nitrogens with zero attached hydrogens (tertiary/aromatic N) is 6. The van der Waals surface area contributed by atoms with E-state index in [2.05, 4.69) is 61.4 Å². The van der Waals surface area contributed by atoms with E-state index < -0.39 is 11.9 Å². The van der Waals surface area contributed by atoms with Crippen molar-refractivity contribution in [2.45, 2.75) is 75.8 Å². The van der Waals surface area contributed by atoms with Gasteiger partial charge in [-0.05, 0) is 111 Å². The Morgan fingerprint density at radius 2 is 1.72 bits per heavy atom. The summed E-state index contributed by atoms with van der Waals surface area (Å²) in [5.41, 5.74) is 6.78. The number of hydrogen-bond donors (Lipinski definition) is 2. The van der Waals surface area contributed by atoms with Crippen LogP contribution in [0.5, 0.6) is 5.88 Å². The number of benzene rings is 2. The molecule has 2 N–H and O–H groups in total. The van der Waals surface area contributed by atoms with Crippen molar-refractivity contribution in [3.05, 3.63) is 81.5 Å². The van der Waals surface area contributed by atoms with E-state index in [0.29, 0.717) is 52.7 Å². The zero-order valence-corrected chi connectivity index (χ0v) is 33.2. The number of aromatic amines is 1. The van der Waals surface area contributed by atoms with Gasteiger partial charge >= 0.3 is 0 Å². The Morgan fingerprint density at radius 3 is 2.46 bits per heavy atom.